The van der Waals surface area contributed by atoms with Gasteiger partial charge in [-0.2, -0.15) is 0 Å². The van der Waals surface area contributed by atoms with E-state index >= 15 is 0 Å². The Morgan fingerprint density at radius 1 is 1.14 bits per heavy atom. The second kappa shape index (κ2) is 8.96. The third kappa shape index (κ3) is 4.83. The number of nitro groups is 1. The Kier molecular flexibility index (Phi) is 6.18. The first-order valence-corrected chi connectivity index (χ1v) is 9.35. The van der Waals surface area contributed by atoms with Crippen LogP contribution in [0.3, 0.4) is 0 Å². The summed E-state index contributed by atoms with van der Waals surface area (Å²) in [5.41, 5.74) is 1.48. The van der Waals surface area contributed by atoms with Gasteiger partial charge in [0.2, 0.25) is 0 Å². The van der Waals surface area contributed by atoms with Gasteiger partial charge in [0.15, 0.2) is 0 Å². The number of amides is 1. The lowest BCUT2D eigenvalue weighted by Gasteiger charge is -2.21. The lowest BCUT2D eigenvalue weighted by molar-refractivity contribution is -0.384. The molecule has 0 fully saturated rings. The first-order chi connectivity index (χ1) is 13.6. The number of anilines is 1. The first-order valence-electron chi connectivity index (χ1n) is 8.47. The second-order valence-electron chi connectivity index (χ2n) is 5.88. The van der Waals surface area contributed by atoms with Gasteiger partial charge in [-0.05, 0) is 59.5 Å². The maximum Gasteiger partial charge on any atom is 0.269 e. The fraction of sp³-hybridized carbons (Fsp3) is 0.0952. The molecule has 0 N–H and O–H groups in total. The van der Waals surface area contributed by atoms with E-state index in [-0.39, 0.29) is 11.6 Å². The minimum Gasteiger partial charge on any atom is -0.497 e. The zero-order valence-corrected chi connectivity index (χ0v) is 16.0. The van der Waals surface area contributed by atoms with Crippen LogP contribution in [0.5, 0.6) is 5.75 Å². The van der Waals surface area contributed by atoms with Crippen LogP contribution in [-0.2, 0) is 11.3 Å². The zero-order chi connectivity index (χ0) is 19.9. The maximum absolute atomic E-state index is 12.9. The van der Waals surface area contributed by atoms with Crippen molar-refractivity contribution in [2.24, 2.45) is 0 Å². The molecule has 2 aromatic carbocycles. The molecular formula is C21H18N2O4S. The Labute approximate surface area is 166 Å². The van der Waals surface area contributed by atoms with Crippen molar-refractivity contribution >= 4 is 34.7 Å². The molecule has 142 valence electrons. The quantitative estimate of drug-likeness (QED) is 0.324. The van der Waals surface area contributed by atoms with Gasteiger partial charge in [0.05, 0.1) is 18.6 Å². The number of non-ortho nitro benzene ring substituents is 1. The molecule has 3 rings (SSSR count). The summed E-state index contributed by atoms with van der Waals surface area (Å²) in [6.07, 6.45) is 3.12. The van der Waals surface area contributed by atoms with Crippen LogP contribution in [0.25, 0.3) is 6.08 Å². The average Bonchev–Trinajstić information content (AvgIpc) is 3.24. The number of nitro benzene ring substituents is 1. The number of hydrogen-bond donors (Lipinski definition) is 0. The van der Waals surface area contributed by atoms with Gasteiger partial charge in [-0.1, -0.05) is 6.07 Å². The van der Waals surface area contributed by atoms with E-state index in [1.807, 2.05) is 41.8 Å². The molecule has 0 atom stereocenters. The van der Waals surface area contributed by atoms with Crippen LogP contribution < -0.4 is 9.64 Å². The highest BCUT2D eigenvalue weighted by molar-refractivity contribution is 7.09. The molecule has 28 heavy (non-hydrogen) atoms. The predicted octanol–water partition coefficient (Wildman–Crippen LogP) is 4.91. The number of nitrogens with zero attached hydrogens (tertiary/aromatic N) is 2. The monoisotopic (exact) mass is 394 g/mol. The minimum atomic E-state index is -0.453. The summed E-state index contributed by atoms with van der Waals surface area (Å²) in [5.74, 6) is 0.533. The molecule has 7 heteroatoms. The summed E-state index contributed by atoms with van der Waals surface area (Å²) in [7, 11) is 1.59. The summed E-state index contributed by atoms with van der Waals surface area (Å²) in [5, 5.41) is 12.7. The molecule has 0 bridgehead atoms. The molecule has 3 aromatic rings. The Bertz CT molecular complexity index is 965. The van der Waals surface area contributed by atoms with Crippen molar-refractivity contribution < 1.29 is 14.5 Å². The Balaban J connectivity index is 1.81. The number of benzene rings is 2. The molecule has 0 aliphatic rings. The number of carbonyl (C=O) groups is 1. The van der Waals surface area contributed by atoms with Gasteiger partial charge >= 0.3 is 0 Å². The van der Waals surface area contributed by atoms with Crippen molar-refractivity contribution in [3.05, 3.63) is 92.7 Å². The third-order valence-corrected chi connectivity index (χ3v) is 4.93. The van der Waals surface area contributed by atoms with Crippen LogP contribution in [0.2, 0.25) is 0 Å². The van der Waals surface area contributed by atoms with Crippen molar-refractivity contribution in [1.82, 2.24) is 0 Å². The number of rotatable bonds is 7. The SMILES string of the molecule is COc1ccc(N(Cc2cccs2)C(=O)/C=C/c2ccc([N+](=O)[O-])cc2)cc1. The molecule has 6 nitrogen and oxygen atoms in total. The second-order valence-corrected chi connectivity index (χ2v) is 6.92. The largest absolute Gasteiger partial charge is 0.497 e. The summed E-state index contributed by atoms with van der Waals surface area (Å²) in [4.78, 5) is 25.9. The topological polar surface area (TPSA) is 72.7 Å². The van der Waals surface area contributed by atoms with E-state index in [1.54, 1.807) is 41.6 Å². The average molecular weight is 394 g/mol. The molecule has 0 aliphatic carbocycles. The summed E-state index contributed by atoms with van der Waals surface area (Å²) < 4.78 is 5.18. The highest BCUT2D eigenvalue weighted by atomic mass is 32.1. The molecule has 0 saturated carbocycles. The molecular weight excluding hydrogens is 376 g/mol. The van der Waals surface area contributed by atoms with Gasteiger partial charge in [0.25, 0.3) is 11.6 Å². The van der Waals surface area contributed by atoms with Crippen LogP contribution in [0, 0.1) is 10.1 Å². The van der Waals surface area contributed by atoms with Crippen LogP contribution in [0.1, 0.15) is 10.4 Å². The molecule has 1 heterocycles. The molecule has 1 aromatic heterocycles. The maximum atomic E-state index is 12.9. The lowest BCUT2D eigenvalue weighted by atomic mass is 10.2. The Morgan fingerprint density at radius 2 is 1.86 bits per heavy atom. The van der Waals surface area contributed by atoms with Crippen molar-refractivity contribution in [2.75, 3.05) is 12.0 Å². The van der Waals surface area contributed by atoms with E-state index in [2.05, 4.69) is 0 Å². The van der Waals surface area contributed by atoms with Crippen molar-refractivity contribution in [3.63, 3.8) is 0 Å². The summed E-state index contributed by atoms with van der Waals surface area (Å²) in [6, 6.07) is 17.3. The molecule has 0 saturated heterocycles. The molecule has 0 spiro atoms. The molecule has 0 unspecified atom stereocenters. The lowest BCUT2D eigenvalue weighted by Crippen LogP contribution is -2.28. The Hall–Kier alpha value is -3.45. The molecule has 0 aliphatic heterocycles. The van der Waals surface area contributed by atoms with Gasteiger partial charge in [0, 0.05) is 28.8 Å². The number of thiophene rings is 1. The summed E-state index contributed by atoms with van der Waals surface area (Å²) in [6.45, 7) is 0.452. The fourth-order valence-electron chi connectivity index (χ4n) is 2.58. The number of carbonyl (C=O) groups excluding carboxylic acids is 1. The first kappa shape index (κ1) is 19.3. The normalized spacial score (nSPS) is 10.8. The smallest absolute Gasteiger partial charge is 0.269 e. The number of hydrogen-bond acceptors (Lipinski definition) is 5. The highest BCUT2D eigenvalue weighted by Gasteiger charge is 2.15. The van der Waals surface area contributed by atoms with Gasteiger partial charge < -0.3 is 9.64 Å². The zero-order valence-electron chi connectivity index (χ0n) is 15.1. The number of methoxy groups -OCH3 is 1. The van der Waals surface area contributed by atoms with E-state index in [0.29, 0.717) is 17.9 Å². The van der Waals surface area contributed by atoms with Gasteiger partial charge in [-0.3, -0.25) is 14.9 Å². The predicted molar refractivity (Wildman–Crippen MR) is 111 cm³/mol. The van der Waals surface area contributed by atoms with Gasteiger partial charge in [0.1, 0.15) is 5.75 Å². The van der Waals surface area contributed by atoms with Crippen LogP contribution in [0.4, 0.5) is 11.4 Å². The molecule has 1 amide bonds. The van der Waals surface area contributed by atoms with Crippen LogP contribution >= 0.6 is 11.3 Å². The van der Waals surface area contributed by atoms with E-state index < -0.39 is 4.92 Å². The van der Waals surface area contributed by atoms with Gasteiger partial charge in [-0.25, -0.2) is 0 Å². The van der Waals surface area contributed by atoms with Crippen LogP contribution in [0.15, 0.2) is 72.1 Å². The van der Waals surface area contributed by atoms with Crippen molar-refractivity contribution in [2.45, 2.75) is 6.54 Å². The van der Waals surface area contributed by atoms with Crippen LogP contribution in [-0.4, -0.2) is 17.9 Å². The molecule has 0 radical (unpaired) electrons. The van der Waals surface area contributed by atoms with E-state index in [4.69, 9.17) is 4.74 Å². The van der Waals surface area contributed by atoms with Gasteiger partial charge in [-0.15, -0.1) is 11.3 Å². The highest BCUT2D eigenvalue weighted by Crippen LogP contribution is 2.23. The van der Waals surface area contributed by atoms with Crippen molar-refractivity contribution in [3.8, 4) is 5.75 Å². The van der Waals surface area contributed by atoms with E-state index in [1.165, 1.54) is 18.2 Å². The van der Waals surface area contributed by atoms with E-state index in [9.17, 15) is 14.9 Å². The minimum absolute atomic E-state index is 0.0148. The standard InChI is InChI=1S/C21H18N2O4S/c1-27-19-11-9-17(10-12-19)22(15-20-3-2-14-28-20)21(24)13-6-16-4-7-18(8-5-16)23(25)26/h2-14H,15H2,1H3/b13-6+. The van der Waals surface area contributed by atoms with Crippen molar-refractivity contribution in [1.29, 1.82) is 0 Å². The van der Waals surface area contributed by atoms with E-state index in [0.717, 1.165) is 10.6 Å². The summed E-state index contributed by atoms with van der Waals surface area (Å²) >= 11 is 1.58. The fourth-order valence-corrected chi connectivity index (χ4v) is 3.27. The number of ether oxygens (including phenoxy) is 1. The third-order valence-electron chi connectivity index (χ3n) is 4.07. The Morgan fingerprint density at radius 3 is 2.43 bits per heavy atom.